The summed E-state index contributed by atoms with van der Waals surface area (Å²) < 4.78 is -0.433. The predicted molar refractivity (Wildman–Crippen MR) is 162 cm³/mol. The third-order valence-corrected chi connectivity index (χ3v) is 8.72. The van der Waals surface area contributed by atoms with Gasteiger partial charge >= 0.3 is 11.9 Å². The first-order chi connectivity index (χ1) is 19.3. The number of ketones is 1. The number of carbonyl (C=O) groups excluding carboxylic acids is 3. The Morgan fingerprint density at radius 2 is 1.29 bits per heavy atom. The highest BCUT2D eigenvalue weighted by Crippen LogP contribution is 2.30. The molecule has 0 aromatic heterocycles. The number of carbonyl (C=O) groups is 4. The molecular weight excluding hydrogens is 542 g/mol. The molecule has 0 saturated heterocycles. The van der Waals surface area contributed by atoms with Crippen molar-refractivity contribution in [1.82, 2.24) is 10.2 Å². The Morgan fingerprint density at radius 1 is 0.810 bits per heavy atom. The zero-order valence-electron chi connectivity index (χ0n) is 27.7. The summed E-state index contributed by atoms with van der Waals surface area (Å²) in [5.74, 6) is -3.33. The molecule has 0 aromatic rings. The average Bonchev–Trinajstić information content (AvgIpc) is 2.88. The Bertz CT molecular complexity index is 863. The van der Waals surface area contributed by atoms with Crippen LogP contribution in [0.1, 0.15) is 92.9 Å². The maximum absolute atomic E-state index is 14.6. The number of nitrogens with one attached hydrogen (secondary N) is 1. The van der Waals surface area contributed by atoms with Gasteiger partial charge in [-0.2, -0.15) is 0 Å². The summed E-state index contributed by atoms with van der Waals surface area (Å²) in [4.78, 5) is 54.8. The molecule has 246 valence electrons. The number of likely N-dealkylation sites (N-methyl/N-ethyl adjacent to an activating group) is 3. The van der Waals surface area contributed by atoms with Gasteiger partial charge in [0.2, 0.25) is 5.91 Å². The molecule has 2 amide bonds. The van der Waals surface area contributed by atoms with E-state index in [1.807, 2.05) is 27.7 Å². The van der Waals surface area contributed by atoms with E-state index in [1.165, 1.54) is 4.90 Å². The molecule has 0 radical (unpaired) electrons. The molecule has 0 heterocycles. The number of aliphatic hydroxyl groups is 3. The molecule has 9 atom stereocenters. The molecule has 0 saturated carbocycles. The fraction of sp³-hybridized carbons (Fsp3) is 0.871. The van der Waals surface area contributed by atoms with Gasteiger partial charge < -0.3 is 30.6 Å². The van der Waals surface area contributed by atoms with Gasteiger partial charge in [0.15, 0.2) is 17.9 Å². The number of aliphatic carboxylic acids is 1. The lowest BCUT2D eigenvalue weighted by Gasteiger charge is -2.43. The van der Waals surface area contributed by atoms with Crippen molar-refractivity contribution in [2.45, 2.75) is 129 Å². The summed E-state index contributed by atoms with van der Waals surface area (Å²) in [6.45, 7) is 11.0. The number of hydrogen-bond donors (Lipinski definition) is 5. The number of aliphatic hydroxyl groups excluding tert-OH is 3. The molecule has 11 heteroatoms. The molecule has 0 bridgehead atoms. The van der Waals surface area contributed by atoms with Gasteiger partial charge in [0.05, 0.1) is 32.3 Å². The van der Waals surface area contributed by atoms with E-state index in [2.05, 4.69) is 5.32 Å². The van der Waals surface area contributed by atoms with Gasteiger partial charge in [-0.05, 0) is 58.4 Å². The lowest BCUT2D eigenvalue weighted by atomic mass is 9.85. The first-order valence-corrected chi connectivity index (χ1v) is 15.5. The number of Topliss-reactive ketones (excluding diaryl/α,β-unsaturated/α-hetero) is 1. The Balaban J connectivity index is 6.68. The highest BCUT2D eigenvalue weighted by molar-refractivity contribution is 5.91. The van der Waals surface area contributed by atoms with Gasteiger partial charge in [0.1, 0.15) is 6.04 Å². The van der Waals surface area contributed by atoms with Crippen LogP contribution in [0.25, 0.3) is 0 Å². The molecule has 0 fully saturated rings. The van der Waals surface area contributed by atoms with Crippen LogP contribution in [0.3, 0.4) is 0 Å². The van der Waals surface area contributed by atoms with E-state index < -0.39 is 59.1 Å². The zero-order valence-corrected chi connectivity index (χ0v) is 27.7. The quantitative estimate of drug-likeness (QED) is 0.124. The summed E-state index contributed by atoms with van der Waals surface area (Å²) in [7, 11) is 6.55. The Hall–Kier alpha value is -1.92. The number of amides is 2. The number of quaternary nitrogens is 1. The van der Waals surface area contributed by atoms with E-state index in [0.29, 0.717) is 38.5 Å². The van der Waals surface area contributed by atoms with Crippen molar-refractivity contribution >= 4 is 23.6 Å². The Morgan fingerprint density at radius 3 is 1.69 bits per heavy atom. The molecule has 0 aliphatic heterocycles. The SMILES string of the molecule is CC[C@H](C)[C@H](NC)C(=O)N(C)[C@H](C(=O)[N+](C)(C)[C@H](C(=O)CC(O)C(=O)O)[C@@H](C)CCCC(C)O)[C@@H](C)CCCC(C)O. The van der Waals surface area contributed by atoms with Crippen LogP contribution in [0.4, 0.5) is 0 Å². The Kier molecular flexibility index (Phi) is 17.8. The summed E-state index contributed by atoms with van der Waals surface area (Å²) in [5.41, 5.74) is 0. The summed E-state index contributed by atoms with van der Waals surface area (Å²) in [6, 6.07) is -2.39. The maximum atomic E-state index is 14.6. The van der Waals surface area contributed by atoms with Crippen molar-refractivity contribution in [2.75, 3.05) is 28.2 Å². The molecule has 3 unspecified atom stereocenters. The first kappa shape index (κ1) is 40.1. The third kappa shape index (κ3) is 12.0. The maximum Gasteiger partial charge on any atom is 0.336 e. The van der Waals surface area contributed by atoms with E-state index in [9.17, 15) is 39.6 Å². The van der Waals surface area contributed by atoms with Gasteiger partial charge in [-0.3, -0.25) is 14.1 Å². The molecular formula is C31H60N3O8+. The highest BCUT2D eigenvalue weighted by atomic mass is 16.4. The van der Waals surface area contributed by atoms with Crippen molar-refractivity contribution < 1.29 is 44.1 Å². The van der Waals surface area contributed by atoms with E-state index in [4.69, 9.17) is 0 Å². The number of carboxylic acid groups (broad SMARTS) is 1. The van der Waals surface area contributed by atoms with E-state index in [-0.39, 0.29) is 29.6 Å². The number of nitrogens with zero attached hydrogens (tertiary/aromatic N) is 2. The number of hydrogen-bond acceptors (Lipinski definition) is 8. The van der Waals surface area contributed by atoms with Gasteiger partial charge in [-0.15, -0.1) is 0 Å². The fourth-order valence-electron chi connectivity index (χ4n) is 6.01. The summed E-state index contributed by atoms with van der Waals surface area (Å²) in [6.07, 6.45) is 0.529. The summed E-state index contributed by atoms with van der Waals surface area (Å²) in [5, 5.41) is 41.9. The second-order valence-corrected chi connectivity index (χ2v) is 12.9. The molecule has 42 heavy (non-hydrogen) atoms. The van der Waals surface area contributed by atoms with Crippen LogP contribution in [0.15, 0.2) is 0 Å². The van der Waals surface area contributed by atoms with E-state index in [0.717, 1.165) is 6.42 Å². The molecule has 11 nitrogen and oxygen atoms in total. The van der Waals surface area contributed by atoms with Crippen molar-refractivity contribution in [2.24, 2.45) is 17.8 Å². The fourth-order valence-corrected chi connectivity index (χ4v) is 6.01. The van der Waals surface area contributed by atoms with Crippen molar-refractivity contribution in [3.8, 4) is 0 Å². The van der Waals surface area contributed by atoms with E-state index >= 15 is 0 Å². The minimum atomic E-state index is -1.90. The van der Waals surface area contributed by atoms with Crippen LogP contribution in [0.5, 0.6) is 0 Å². The first-order valence-electron chi connectivity index (χ1n) is 15.5. The van der Waals surface area contributed by atoms with Crippen LogP contribution < -0.4 is 5.32 Å². The van der Waals surface area contributed by atoms with Crippen LogP contribution in [0, 0.1) is 17.8 Å². The number of carboxylic acids is 1. The van der Waals surface area contributed by atoms with Crippen LogP contribution in [-0.4, -0.2) is 118 Å². The van der Waals surface area contributed by atoms with Gasteiger partial charge in [0, 0.05) is 19.4 Å². The zero-order chi connectivity index (χ0) is 32.9. The minimum Gasteiger partial charge on any atom is -0.479 e. The van der Waals surface area contributed by atoms with Gasteiger partial charge in [-0.1, -0.05) is 47.0 Å². The molecule has 0 aromatic carbocycles. The van der Waals surface area contributed by atoms with Gasteiger partial charge in [-0.25, -0.2) is 9.59 Å². The minimum absolute atomic E-state index is 0.00881. The van der Waals surface area contributed by atoms with E-state index in [1.54, 1.807) is 42.0 Å². The van der Waals surface area contributed by atoms with Crippen molar-refractivity contribution in [1.29, 1.82) is 0 Å². The normalized spacial score (nSPS) is 18.6. The molecule has 0 aliphatic rings. The summed E-state index contributed by atoms with van der Waals surface area (Å²) >= 11 is 0. The topological polar surface area (TPSA) is 164 Å². The van der Waals surface area contributed by atoms with Gasteiger partial charge in [0.25, 0.3) is 0 Å². The van der Waals surface area contributed by atoms with Crippen molar-refractivity contribution in [3.05, 3.63) is 0 Å². The lowest BCUT2D eigenvalue weighted by molar-refractivity contribution is -0.836. The van der Waals surface area contributed by atoms with Crippen LogP contribution in [0.2, 0.25) is 0 Å². The largest absolute Gasteiger partial charge is 0.479 e. The second-order valence-electron chi connectivity index (χ2n) is 12.9. The highest BCUT2D eigenvalue weighted by Gasteiger charge is 2.50. The van der Waals surface area contributed by atoms with Crippen molar-refractivity contribution in [3.63, 3.8) is 0 Å². The molecule has 0 spiro atoms. The molecule has 5 N–H and O–H groups in total. The second kappa shape index (κ2) is 18.7. The average molecular weight is 603 g/mol. The number of rotatable bonds is 21. The molecule has 0 rings (SSSR count). The predicted octanol–water partition coefficient (Wildman–Crippen LogP) is 2.20. The lowest BCUT2D eigenvalue weighted by Crippen LogP contribution is -2.66. The standard InChI is InChI=1S/C31H59N3O8/c1-11-19(2)26(32-7)29(39)33(8)27(20(3)14-12-16-22(5)35)30(40)34(9,10)28(21(4)15-13-17-23(6)36)24(37)18-25(38)31(41)42/h19-23,25-28,32,35-36,38H,11-18H2,1-10H3/p+1/t19-,20-,21-,22?,23?,25?,26-,27-,28-/m0/s1. The van der Waals surface area contributed by atoms with Crippen LogP contribution in [-0.2, 0) is 19.2 Å². The molecule has 0 aliphatic carbocycles. The van der Waals surface area contributed by atoms with Crippen LogP contribution >= 0.6 is 0 Å². The Labute approximate surface area is 253 Å². The smallest absolute Gasteiger partial charge is 0.336 e. The monoisotopic (exact) mass is 602 g/mol. The third-order valence-electron chi connectivity index (χ3n) is 8.72.